The minimum atomic E-state index is -0.453. The van der Waals surface area contributed by atoms with Crippen molar-refractivity contribution in [3.8, 4) is 0 Å². The molecular weight excluding hydrogens is 378 g/mol. The maximum absolute atomic E-state index is 13.1. The van der Waals surface area contributed by atoms with Crippen LogP contribution in [0, 0.1) is 37.5 Å². The Hall–Kier alpha value is -2.95. The van der Waals surface area contributed by atoms with E-state index < -0.39 is 11.9 Å². The molecule has 1 N–H and O–H groups in total. The minimum Gasteiger partial charge on any atom is -0.455 e. The summed E-state index contributed by atoms with van der Waals surface area (Å²) in [7, 11) is 0. The van der Waals surface area contributed by atoms with Crippen molar-refractivity contribution in [2.24, 2.45) is 23.7 Å². The third-order valence-electron chi connectivity index (χ3n) is 6.69. The first-order valence-corrected chi connectivity index (χ1v) is 10.6. The molecule has 2 aliphatic rings. The van der Waals surface area contributed by atoms with E-state index in [2.05, 4.69) is 5.32 Å². The molecule has 0 saturated heterocycles. The lowest BCUT2D eigenvalue weighted by Gasteiger charge is -2.28. The second-order valence-corrected chi connectivity index (χ2v) is 8.57. The summed E-state index contributed by atoms with van der Waals surface area (Å²) in [6.07, 6.45) is 2.81. The Bertz CT molecular complexity index is 968. The number of ether oxygens (including phenoxy) is 1. The standard InChI is InChI=1S/C25H27NO4/c1-15-8-11-20(12-16(15)2)26-21(27)14-30-25(29)23-19-10-9-18(13-19)22(23)24(28)17-6-4-3-5-7-17/h3-8,11-12,18-19,22-23H,9-10,13-14H2,1-2H3,(H,26,27)/t18-,19-,22-,23+/m0/s1. The third kappa shape index (κ3) is 4.02. The number of esters is 1. The van der Waals surface area contributed by atoms with Gasteiger partial charge in [0.2, 0.25) is 0 Å². The minimum absolute atomic E-state index is 0.0179. The summed E-state index contributed by atoms with van der Waals surface area (Å²) in [6.45, 7) is 3.64. The van der Waals surface area contributed by atoms with Crippen LogP contribution >= 0.6 is 0 Å². The maximum atomic E-state index is 13.1. The van der Waals surface area contributed by atoms with Crippen LogP contribution in [0.5, 0.6) is 0 Å². The van der Waals surface area contributed by atoms with Gasteiger partial charge in [-0.1, -0.05) is 36.4 Å². The van der Waals surface area contributed by atoms with Gasteiger partial charge in [0.25, 0.3) is 5.91 Å². The van der Waals surface area contributed by atoms with Crippen molar-refractivity contribution in [2.45, 2.75) is 33.1 Å². The molecule has 2 aromatic rings. The average Bonchev–Trinajstić information content (AvgIpc) is 3.36. The Morgan fingerprint density at radius 3 is 2.33 bits per heavy atom. The van der Waals surface area contributed by atoms with Gasteiger partial charge in [0.05, 0.1) is 5.92 Å². The summed E-state index contributed by atoms with van der Waals surface area (Å²) in [4.78, 5) is 38.3. The molecule has 0 aromatic heterocycles. The van der Waals surface area contributed by atoms with Crippen molar-refractivity contribution >= 4 is 23.3 Å². The number of anilines is 1. The number of fused-ring (bicyclic) bond motifs is 2. The van der Waals surface area contributed by atoms with Crippen molar-refractivity contribution in [1.82, 2.24) is 0 Å². The van der Waals surface area contributed by atoms with Gasteiger partial charge in [-0.25, -0.2) is 0 Å². The molecule has 2 aromatic carbocycles. The van der Waals surface area contributed by atoms with Crippen LogP contribution in [0.2, 0.25) is 0 Å². The zero-order valence-electron chi connectivity index (χ0n) is 17.4. The molecule has 0 aliphatic heterocycles. The monoisotopic (exact) mass is 405 g/mol. The molecule has 30 heavy (non-hydrogen) atoms. The SMILES string of the molecule is Cc1ccc(NC(=O)COC(=O)[C@@H]2[C@H]3CC[C@@H](C3)[C@@H]2C(=O)c2ccccc2)cc1C. The zero-order valence-corrected chi connectivity index (χ0v) is 17.4. The van der Waals surface area contributed by atoms with E-state index in [1.54, 1.807) is 12.1 Å². The lowest BCUT2D eigenvalue weighted by molar-refractivity contribution is -0.154. The summed E-state index contributed by atoms with van der Waals surface area (Å²) in [5, 5.41) is 2.77. The van der Waals surface area contributed by atoms with Crippen molar-refractivity contribution < 1.29 is 19.1 Å². The van der Waals surface area contributed by atoms with Gasteiger partial charge < -0.3 is 10.1 Å². The molecular formula is C25H27NO4. The Morgan fingerprint density at radius 1 is 0.933 bits per heavy atom. The number of ketones is 1. The lowest BCUT2D eigenvalue weighted by Crippen LogP contribution is -2.37. The third-order valence-corrected chi connectivity index (χ3v) is 6.69. The van der Waals surface area contributed by atoms with Gasteiger partial charge in [-0.15, -0.1) is 0 Å². The molecule has 0 unspecified atom stereocenters. The quantitative estimate of drug-likeness (QED) is 0.573. The molecule has 1 amide bonds. The highest BCUT2D eigenvalue weighted by Gasteiger charge is 2.54. The van der Waals surface area contributed by atoms with E-state index in [9.17, 15) is 14.4 Å². The molecule has 2 saturated carbocycles. The van der Waals surface area contributed by atoms with Crippen LogP contribution in [0.15, 0.2) is 48.5 Å². The van der Waals surface area contributed by atoms with Crippen LogP contribution in [-0.2, 0) is 14.3 Å². The van der Waals surface area contributed by atoms with Gasteiger partial charge in [-0.3, -0.25) is 14.4 Å². The van der Waals surface area contributed by atoms with Crippen molar-refractivity contribution in [3.05, 3.63) is 65.2 Å². The number of amides is 1. The Kier molecular flexibility index (Phi) is 5.71. The number of Topliss-reactive ketones (excluding diaryl/α,β-unsaturated/α-hetero) is 1. The molecule has 4 rings (SSSR count). The number of rotatable bonds is 6. The molecule has 5 heteroatoms. The van der Waals surface area contributed by atoms with E-state index >= 15 is 0 Å². The van der Waals surface area contributed by atoms with Crippen molar-refractivity contribution in [2.75, 3.05) is 11.9 Å². The van der Waals surface area contributed by atoms with Crippen LogP contribution in [0.25, 0.3) is 0 Å². The van der Waals surface area contributed by atoms with Gasteiger partial charge in [0, 0.05) is 17.2 Å². The highest BCUT2D eigenvalue weighted by Crippen LogP contribution is 2.53. The predicted molar refractivity (Wildman–Crippen MR) is 114 cm³/mol. The Balaban J connectivity index is 1.39. The highest BCUT2D eigenvalue weighted by molar-refractivity contribution is 6.01. The number of hydrogen-bond acceptors (Lipinski definition) is 4. The molecule has 5 nitrogen and oxygen atoms in total. The summed E-state index contributed by atoms with van der Waals surface area (Å²) in [6, 6.07) is 14.8. The summed E-state index contributed by atoms with van der Waals surface area (Å²) in [5.41, 5.74) is 3.54. The molecule has 156 valence electrons. The topological polar surface area (TPSA) is 72.5 Å². The first-order valence-electron chi connectivity index (χ1n) is 10.6. The molecule has 0 spiro atoms. The first-order chi connectivity index (χ1) is 14.4. The van der Waals surface area contributed by atoms with Gasteiger partial charge in [-0.2, -0.15) is 0 Å². The fraction of sp³-hybridized carbons (Fsp3) is 0.400. The predicted octanol–water partition coefficient (Wildman–Crippen LogP) is 4.33. The smallest absolute Gasteiger partial charge is 0.310 e. The lowest BCUT2D eigenvalue weighted by atomic mass is 9.75. The van der Waals surface area contributed by atoms with E-state index in [-0.39, 0.29) is 36.1 Å². The number of carbonyl (C=O) groups is 3. The first kappa shape index (κ1) is 20.3. The Morgan fingerprint density at radius 2 is 1.63 bits per heavy atom. The average molecular weight is 405 g/mol. The van der Waals surface area contributed by atoms with Crippen LogP contribution < -0.4 is 5.32 Å². The molecule has 0 radical (unpaired) electrons. The number of aryl methyl sites for hydroxylation is 2. The normalized spacial score (nSPS) is 24.5. The summed E-state index contributed by atoms with van der Waals surface area (Å²) >= 11 is 0. The van der Waals surface area contributed by atoms with Gasteiger partial charge in [-0.05, 0) is 68.2 Å². The number of hydrogen-bond donors (Lipinski definition) is 1. The molecule has 2 aliphatic carbocycles. The van der Waals surface area contributed by atoms with Crippen LogP contribution in [0.4, 0.5) is 5.69 Å². The molecule has 2 fully saturated rings. The molecule has 0 heterocycles. The van der Waals surface area contributed by atoms with E-state index in [4.69, 9.17) is 4.74 Å². The summed E-state index contributed by atoms with van der Waals surface area (Å²) in [5.74, 6) is -1.18. The van der Waals surface area contributed by atoms with E-state index in [1.807, 2.05) is 50.2 Å². The van der Waals surface area contributed by atoms with Gasteiger partial charge in [0.15, 0.2) is 12.4 Å². The largest absolute Gasteiger partial charge is 0.455 e. The number of benzene rings is 2. The second kappa shape index (κ2) is 8.42. The van der Waals surface area contributed by atoms with E-state index in [0.717, 1.165) is 30.4 Å². The van der Waals surface area contributed by atoms with Crippen molar-refractivity contribution in [3.63, 3.8) is 0 Å². The zero-order chi connectivity index (χ0) is 21.3. The fourth-order valence-corrected chi connectivity index (χ4v) is 5.05. The van der Waals surface area contributed by atoms with Gasteiger partial charge in [0.1, 0.15) is 0 Å². The second-order valence-electron chi connectivity index (χ2n) is 8.57. The number of nitrogens with one attached hydrogen (secondary N) is 1. The van der Waals surface area contributed by atoms with E-state index in [0.29, 0.717) is 11.3 Å². The van der Waals surface area contributed by atoms with Crippen LogP contribution in [0.1, 0.15) is 40.7 Å². The van der Waals surface area contributed by atoms with Crippen LogP contribution in [0.3, 0.4) is 0 Å². The van der Waals surface area contributed by atoms with Crippen molar-refractivity contribution in [1.29, 1.82) is 0 Å². The molecule has 4 atom stereocenters. The van der Waals surface area contributed by atoms with Gasteiger partial charge >= 0.3 is 5.97 Å². The fourth-order valence-electron chi connectivity index (χ4n) is 5.05. The highest BCUT2D eigenvalue weighted by atomic mass is 16.5. The molecule has 2 bridgehead atoms. The van der Waals surface area contributed by atoms with E-state index in [1.165, 1.54) is 0 Å². The maximum Gasteiger partial charge on any atom is 0.310 e. The van der Waals surface area contributed by atoms with Crippen LogP contribution in [-0.4, -0.2) is 24.3 Å². The Labute approximate surface area is 176 Å². The number of carbonyl (C=O) groups excluding carboxylic acids is 3. The summed E-state index contributed by atoms with van der Waals surface area (Å²) < 4.78 is 5.38.